The first kappa shape index (κ1) is 25.0. The number of nitrogens with zero attached hydrogens (tertiary/aromatic N) is 1. The maximum absolute atomic E-state index is 14.7. The van der Waals surface area contributed by atoms with Crippen molar-refractivity contribution in [1.29, 1.82) is 0 Å². The van der Waals surface area contributed by atoms with E-state index in [-0.39, 0.29) is 6.07 Å². The lowest BCUT2D eigenvalue weighted by molar-refractivity contribution is -0.384. The number of anilines is 1. The van der Waals surface area contributed by atoms with Crippen molar-refractivity contribution in [2.75, 3.05) is 11.2 Å². The van der Waals surface area contributed by atoms with Crippen LogP contribution in [-0.2, 0) is 0 Å². The minimum absolute atomic E-state index is 0.125. The average molecular weight is 515 g/mol. The molecule has 15 heteroatoms. The number of alkyl halides is 5. The Hall–Kier alpha value is -2.25. The number of nitro benzene ring substituents is 1. The molecule has 0 aliphatic heterocycles. The summed E-state index contributed by atoms with van der Waals surface area (Å²) in [5.74, 6) is -3.52. The summed E-state index contributed by atoms with van der Waals surface area (Å²) in [7, 11) is -10.9. The number of non-ortho nitro benzene ring substituents is 1. The van der Waals surface area contributed by atoms with Crippen molar-refractivity contribution >= 4 is 50.3 Å². The summed E-state index contributed by atoms with van der Waals surface area (Å²) in [6, 6.07) is 5.37. The molecule has 0 aliphatic carbocycles. The predicted molar refractivity (Wildman–Crippen MR) is 103 cm³/mol. The van der Waals surface area contributed by atoms with Gasteiger partial charge in [0.15, 0.2) is 0 Å². The van der Waals surface area contributed by atoms with Gasteiger partial charge < -0.3 is 5.32 Å². The van der Waals surface area contributed by atoms with E-state index in [1.165, 1.54) is 0 Å². The molecule has 0 fully saturated rings. The first-order chi connectivity index (χ1) is 13.9. The quantitative estimate of drug-likeness (QED) is 0.181. The number of carbonyl (C=O) groups is 1. The van der Waals surface area contributed by atoms with Crippen molar-refractivity contribution in [2.45, 2.75) is 15.3 Å². The lowest BCUT2D eigenvalue weighted by Gasteiger charge is -2.56. The van der Waals surface area contributed by atoms with Crippen molar-refractivity contribution < 1.29 is 38.4 Å². The molecule has 1 N–H and O–H groups in total. The Morgan fingerprint density at radius 1 is 1.06 bits per heavy atom. The molecule has 0 radical (unpaired) electrons. The summed E-state index contributed by atoms with van der Waals surface area (Å²) < 4.78 is 101. The van der Waals surface area contributed by atoms with Gasteiger partial charge in [-0.25, -0.2) is 4.39 Å². The average Bonchev–Trinajstić information content (AvgIpc) is 2.67. The zero-order chi connectivity index (χ0) is 23.9. The van der Waals surface area contributed by atoms with Crippen LogP contribution in [0.25, 0.3) is 0 Å². The standard InChI is InChI=1S/C16H11Cl2F7N2O3S/c17-9-15(18,19)16(20,21)31(22,23,24,25)13-7-2-1-6-12(13)26-14(28)10-4-3-5-11(8-10)27(29)30/h1-8H,9H2,(H,26,28). The highest BCUT2D eigenvalue weighted by atomic mass is 35.5. The van der Waals surface area contributed by atoms with Gasteiger partial charge in [-0.1, -0.05) is 29.8 Å². The third kappa shape index (κ3) is 4.01. The van der Waals surface area contributed by atoms with Gasteiger partial charge in [0, 0.05) is 17.7 Å². The van der Waals surface area contributed by atoms with Gasteiger partial charge in [0.2, 0.25) is 9.84 Å². The molecule has 0 bridgehead atoms. The third-order valence-electron chi connectivity index (χ3n) is 4.01. The van der Waals surface area contributed by atoms with Crippen LogP contribution >= 0.6 is 33.0 Å². The first-order valence-corrected chi connectivity index (χ1v) is 10.8. The smallest absolute Gasteiger partial charge is 0.321 e. The zero-order valence-electron chi connectivity index (χ0n) is 14.8. The van der Waals surface area contributed by atoms with Gasteiger partial charge >= 0.3 is 5.25 Å². The molecule has 2 rings (SSSR count). The summed E-state index contributed by atoms with van der Waals surface area (Å²) in [5, 5.41) is 0.526. The fourth-order valence-electron chi connectivity index (χ4n) is 2.40. The number of hydrogen-bond acceptors (Lipinski definition) is 3. The van der Waals surface area contributed by atoms with Crippen LogP contribution in [0.15, 0.2) is 53.4 Å². The number of amides is 1. The van der Waals surface area contributed by atoms with Gasteiger partial charge in [-0.2, -0.15) is 8.78 Å². The molecule has 2 aromatic rings. The lowest BCUT2D eigenvalue weighted by atomic mass is 10.2. The maximum atomic E-state index is 14.7. The number of carbonyl (C=O) groups excluding carboxylic acids is 1. The van der Waals surface area contributed by atoms with E-state index >= 15 is 0 Å². The van der Waals surface area contributed by atoms with Gasteiger partial charge in [-0.15, -0.1) is 27.1 Å². The van der Waals surface area contributed by atoms with Crippen LogP contribution in [0.4, 0.5) is 40.1 Å². The van der Waals surface area contributed by atoms with E-state index < -0.39 is 58.8 Å². The Bertz CT molecular complexity index is 1060. The SMILES string of the molecule is O=C(Nc1ccccc1S(F)(F)(F)(F)C(F)(F)C(F)(Cl)CCl)c1cccc([N+](=O)[O-])c1. The third-order valence-corrected chi connectivity index (χ3v) is 7.59. The molecular weight excluding hydrogens is 504 g/mol. The van der Waals surface area contributed by atoms with E-state index in [2.05, 4.69) is 11.6 Å². The van der Waals surface area contributed by atoms with Gasteiger partial charge in [0.25, 0.3) is 16.7 Å². The van der Waals surface area contributed by atoms with Crippen molar-refractivity contribution in [3.8, 4) is 0 Å². The Kier molecular flexibility index (Phi) is 5.76. The Balaban J connectivity index is 2.64. The second-order valence-corrected chi connectivity index (χ2v) is 10.1. The lowest BCUT2D eigenvalue weighted by Crippen LogP contribution is -2.51. The van der Waals surface area contributed by atoms with Crippen LogP contribution in [0.5, 0.6) is 0 Å². The summed E-state index contributed by atoms with van der Waals surface area (Å²) >= 11 is 9.38. The fourth-order valence-corrected chi connectivity index (χ4v) is 4.98. The number of hydrogen-bond donors (Lipinski definition) is 1. The summed E-state index contributed by atoms with van der Waals surface area (Å²) in [6.45, 7) is 0. The van der Waals surface area contributed by atoms with Gasteiger partial charge in [0.05, 0.1) is 16.5 Å². The Morgan fingerprint density at radius 2 is 1.65 bits per heavy atom. The largest absolute Gasteiger partial charge is 0.405 e. The molecule has 0 aliphatic rings. The molecular formula is C16H11Cl2F7N2O3S. The summed E-state index contributed by atoms with van der Waals surface area (Å²) in [5.41, 5.74) is -2.62. The van der Waals surface area contributed by atoms with Crippen LogP contribution in [0.1, 0.15) is 10.4 Å². The predicted octanol–water partition coefficient (Wildman–Crippen LogP) is 7.36. The van der Waals surface area contributed by atoms with Crippen molar-refractivity contribution in [3.63, 3.8) is 0 Å². The van der Waals surface area contributed by atoms with Crippen LogP contribution in [0, 0.1) is 10.1 Å². The van der Waals surface area contributed by atoms with Crippen molar-refractivity contribution in [2.24, 2.45) is 0 Å². The fraction of sp³-hybridized carbons (Fsp3) is 0.188. The molecule has 0 saturated heterocycles. The topological polar surface area (TPSA) is 72.2 Å². The molecule has 0 heterocycles. The molecule has 0 saturated carbocycles. The zero-order valence-corrected chi connectivity index (χ0v) is 17.1. The van der Waals surface area contributed by atoms with Crippen LogP contribution in [-0.4, -0.2) is 27.1 Å². The number of nitrogens with one attached hydrogen (secondary N) is 1. The monoisotopic (exact) mass is 514 g/mol. The molecule has 172 valence electrons. The van der Waals surface area contributed by atoms with Crippen molar-refractivity contribution in [3.05, 3.63) is 64.2 Å². The molecule has 1 amide bonds. The highest BCUT2D eigenvalue weighted by Gasteiger charge is 2.89. The van der Waals surface area contributed by atoms with E-state index in [1.807, 2.05) is 0 Å². The highest BCUT2D eigenvalue weighted by Crippen LogP contribution is 3.08. The van der Waals surface area contributed by atoms with Gasteiger partial charge in [0.1, 0.15) is 4.90 Å². The van der Waals surface area contributed by atoms with Crippen LogP contribution < -0.4 is 5.32 Å². The van der Waals surface area contributed by atoms with E-state index in [1.54, 1.807) is 5.32 Å². The molecule has 31 heavy (non-hydrogen) atoms. The minimum Gasteiger partial charge on any atom is -0.321 e. The highest BCUT2D eigenvalue weighted by molar-refractivity contribution is 8.50. The number of halogens is 9. The second kappa shape index (κ2) is 7.14. The summed E-state index contributed by atoms with van der Waals surface area (Å²) in [4.78, 5) is 19.5. The first-order valence-electron chi connectivity index (χ1n) is 7.84. The molecule has 0 aromatic heterocycles. The molecule has 0 spiro atoms. The number of nitro groups is 1. The molecule has 2 aromatic carbocycles. The van der Waals surface area contributed by atoms with Crippen LogP contribution in [0.3, 0.4) is 0 Å². The normalized spacial score (nSPS) is 16.5. The van der Waals surface area contributed by atoms with Gasteiger partial charge in [-0.3, -0.25) is 14.9 Å². The maximum Gasteiger partial charge on any atom is 0.405 e. The Labute approximate surface area is 179 Å². The number of benzene rings is 2. The second-order valence-electron chi connectivity index (χ2n) is 6.18. The van der Waals surface area contributed by atoms with E-state index in [0.29, 0.717) is 18.2 Å². The molecule has 1 atom stereocenters. The Morgan fingerprint density at radius 3 is 2.19 bits per heavy atom. The van der Waals surface area contributed by atoms with E-state index in [0.717, 1.165) is 24.3 Å². The number of para-hydroxylation sites is 1. The summed E-state index contributed by atoms with van der Waals surface area (Å²) in [6.07, 6.45) is 0. The van der Waals surface area contributed by atoms with E-state index in [9.17, 15) is 43.6 Å². The van der Waals surface area contributed by atoms with Crippen LogP contribution in [0.2, 0.25) is 0 Å². The molecule has 1 unspecified atom stereocenters. The van der Waals surface area contributed by atoms with E-state index in [4.69, 9.17) is 11.6 Å². The van der Waals surface area contributed by atoms with Gasteiger partial charge in [-0.05, 0) is 18.2 Å². The number of rotatable bonds is 7. The minimum atomic E-state index is -10.9. The van der Waals surface area contributed by atoms with Crippen molar-refractivity contribution in [1.82, 2.24) is 0 Å². The molecule has 5 nitrogen and oxygen atoms in total.